The van der Waals surface area contributed by atoms with Crippen molar-refractivity contribution in [2.75, 3.05) is 4.90 Å². The van der Waals surface area contributed by atoms with E-state index in [9.17, 15) is 19.5 Å². The van der Waals surface area contributed by atoms with E-state index in [1.54, 1.807) is 30.3 Å². The fourth-order valence-corrected chi connectivity index (χ4v) is 4.54. The number of hydrogen-bond donors (Lipinski definition) is 2. The van der Waals surface area contributed by atoms with Crippen LogP contribution in [0.3, 0.4) is 0 Å². The van der Waals surface area contributed by atoms with Crippen LogP contribution in [0.1, 0.15) is 67.4 Å². The standard InChI is InChI=1S/C26H30N4O5/c1-15(2)30(25(32)18-6-4-16(3)5-7-18)24-20(26(33)34)14-29(28-24)19-10-8-17(9-11-19)21-12-13-22(35-21)23(27)31/h8-16,18H,4-7H2,1-3H3,(H2,27,31)(H,33,34). The molecule has 0 bridgehead atoms. The minimum absolute atomic E-state index is 0.0301. The van der Waals surface area contributed by atoms with Gasteiger partial charge in [-0.05, 0) is 81.8 Å². The molecule has 1 fully saturated rings. The highest BCUT2D eigenvalue weighted by molar-refractivity contribution is 6.01. The topological polar surface area (TPSA) is 132 Å². The molecule has 184 valence electrons. The number of benzene rings is 1. The number of primary amides is 1. The van der Waals surface area contributed by atoms with E-state index in [0.717, 1.165) is 31.2 Å². The Balaban J connectivity index is 1.65. The minimum atomic E-state index is -1.15. The molecule has 1 aliphatic carbocycles. The number of carbonyl (C=O) groups is 3. The molecule has 1 aromatic carbocycles. The Morgan fingerprint density at radius 2 is 1.74 bits per heavy atom. The Bertz CT molecular complexity index is 1230. The molecule has 1 aliphatic rings. The number of furan rings is 1. The van der Waals surface area contributed by atoms with Gasteiger partial charge in [-0.15, -0.1) is 5.10 Å². The van der Waals surface area contributed by atoms with Crippen LogP contribution in [0.25, 0.3) is 17.0 Å². The second-order valence-electron chi connectivity index (χ2n) is 9.45. The molecule has 0 unspecified atom stereocenters. The molecule has 0 saturated heterocycles. The molecule has 0 radical (unpaired) electrons. The zero-order chi connectivity index (χ0) is 25.3. The van der Waals surface area contributed by atoms with Gasteiger partial charge >= 0.3 is 5.97 Å². The van der Waals surface area contributed by atoms with E-state index in [1.165, 1.54) is 21.8 Å². The predicted molar refractivity (Wildman–Crippen MR) is 130 cm³/mol. The summed E-state index contributed by atoms with van der Waals surface area (Å²) >= 11 is 0. The number of anilines is 1. The third-order valence-electron chi connectivity index (χ3n) is 6.54. The van der Waals surface area contributed by atoms with Crippen LogP contribution in [0, 0.1) is 11.8 Å². The molecule has 0 spiro atoms. The average molecular weight is 479 g/mol. The zero-order valence-corrected chi connectivity index (χ0v) is 20.1. The molecule has 35 heavy (non-hydrogen) atoms. The van der Waals surface area contributed by atoms with Gasteiger partial charge in [-0.1, -0.05) is 6.92 Å². The first-order chi connectivity index (χ1) is 16.7. The number of hydrogen-bond acceptors (Lipinski definition) is 5. The van der Waals surface area contributed by atoms with Crippen LogP contribution < -0.4 is 10.6 Å². The van der Waals surface area contributed by atoms with Crippen molar-refractivity contribution in [3.05, 3.63) is 53.9 Å². The number of carboxylic acid groups (broad SMARTS) is 1. The Labute approximate surface area is 203 Å². The van der Waals surface area contributed by atoms with Crippen molar-refractivity contribution in [1.82, 2.24) is 9.78 Å². The van der Waals surface area contributed by atoms with Crippen LogP contribution in [0.5, 0.6) is 0 Å². The third-order valence-corrected chi connectivity index (χ3v) is 6.54. The van der Waals surface area contributed by atoms with Crippen LogP contribution in [-0.2, 0) is 4.79 Å². The Hall–Kier alpha value is -3.88. The number of carboxylic acids is 1. The zero-order valence-electron chi connectivity index (χ0n) is 20.1. The van der Waals surface area contributed by atoms with Gasteiger partial charge in [-0.25, -0.2) is 9.48 Å². The molecule has 2 heterocycles. The first kappa shape index (κ1) is 24.3. The smallest absolute Gasteiger partial charge is 0.341 e. The summed E-state index contributed by atoms with van der Waals surface area (Å²) in [6, 6.07) is 9.98. The highest BCUT2D eigenvalue weighted by Gasteiger charge is 2.34. The van der Waals surface area contributed by atoms with Crippen molar-refractivity contribution in [1.29, 1.82) is 0 Å². The monoisotopic (exact) mass is 478 g/mol. The van der Waals surface area contributed by atoms with E-state index < -0.39 is 11.9 Å². The average Bonchev–Trinajstić information content (AvgIpc) is 3.48. The molecule has 3 aromatic rings. The van der Waals surface area contributed by atoms with Crippen LogP contribution >= 0.6 is 0 Å². The molecule has 1 saturated carbocycles. The Morgan fingerprint density at radius 3 is 2.29 bits per heavy atom. The number of aromatic carboxylic acids is 1. The summed E-state index contributed by atoms with van der Waals surface area (Å²) in [6.07, 6.45) is 5.02. The van der Waals surface area contributed by atoms with Crippen molar-refractivity contribution in [2.45, 2.75) is 52.5 Å². The first-order valence-electron chi connectivity index (χ1n) is 11.8. The van der Waals surface area contributed by atoms with E-state index in [2.05, 4.69) is 12.0 Å². The summed E-state index contributed by atoms with van der Waals surface area (Å²) in [5.41, 5.74) is 6.55. The quantitative estimate of drug-likeness (QED) is 0.514. The molecule has 2 aromatic heterocycles. The maximum Gasteiger partial charge on any atom is 0.341 e. The first-order valence-corrected chi connectivity index (χ1v) is 11.8. The predicted octanol–water partition coefficient (Wildman–Crippen LogP) is 4.50. The van der Waals surface area contributed by atoms with Crippen molar-refractivity contribution < 1.29 is 23.9 Å². The minimum Gasteiger partial charge on any atom is -0.477 e. The number of nitrogens with two attached hydrogens (primary N) is 1. The summed E-state index contributed by atoms with van der Waals surface area (Å²) in [5, 5.41) is 14.4. The molecule has 2 amide bonds. The molecule has 0 atom stereocenters. The fraction of sp³-hybridized carbons (Fsp3) is 0.385. The molecule has 9 nitrogen and oxygen atoms in total. The number of aromatic nitrogens is 2. The van der Waals surface area contributed by atoms with Crippen molar-refractivity contribution in [2.24, 2.45) is 17.6 Å². The van der Waals surface area contributed by atoms with Crippen molar-refractivity contribution in [3.8, 4) is 17.0 Å². The third kappa shape index (κ3) is 4.99. The summed E-state index contributed by atoms with van der Waals surface area (Å²) in [6.45, 7) is 5.93. The summed E-state index contributed by atoms with van der Waals surface area (Å²) in [4.78, 5) is 38.4. The number of carbonyl (C=O) groups excluding carboxylic acids is 2. The van der Waals surface area contributed by atoms with Gasteiger partial charge in [0.15, 0.2) is 11.6 Å². The van der Waals surface area contributed by atoms with Gasteiger partial charge in [0.25, 0.3) is 5.91 Å². The second-order valence-corrected chi connectivity index (χ2v) is 9.45. The van der Waals surface area contributed by atoms with E-state index in [4.69, 9.17) is 10.2 Å². The largest absolute Gasteiger partial charge is 0.477 e. The van der Waals surface area contributed by atoms with Crippen LogP contribution in [0.15, 0.2) is 47.0 Å². The summed E-state index contributed by atoms with van der Waals surface area (Å²) in [7, 11) is 0. The van der Waals surface area contributed by atoms with Crippen LogP contribution in [0.4, 0.5) is 5.82 Å². The van der Waals surface area contributed by atoms with Gasteiger partial charge in [-0.3, -0.25) is 14.5 Å². The molecule has 9 heteroatoms. The van der Waals surface area contributed by atoms with Crippen LogP contribution in [0.2, 0.25) is 0 Å². The summed E-state index contributed by atoms with van der Waals surface area (Å²) < 4.78 is 6.92. The number of rotatable bonds is 7. The lowest BCUT2D eigenvalue weighted by atomic mass is 9.82. The molecule has 3 N–H and O–H groups in total. The lowest BCUT2D eigenvalue weighted by Crippen LogP contribution is -2.43. The highest BCUT2D eigenvalue weighted by atomic mass is 16.4. The Kier molecular flexibility index (Phi) is 6.77. The van der Waals surface area contributed by atoms with Crippen LogP contribution in [-0.4, -0.2) is 38.7 Å². The molecule has 0 aliphatic heterocycles. The second kappa shape index (κ2) is 9.77. The summed E-state index contributed by atoms with van der Waals surface area (Å²) in [5.74, 6) is -0.687. The van der Waals surface area contributed by atoms with Gasteiger partial charge < -0.3 is 15.3 Å². The molecule has 4 rings (SSSR count). The van der Waals surface area contributed by atoms with Crippen molar-refractivity contribution in [3.63, 3.8) is 0 Å². The number of amides is 2. The maximum atomic E-state index is 13.5. The van der Waals surface area contributed by atoms with Crippen molar-refractivity contribution >= 4 is 23.6 Å². The normalized spacial score (nSPS) is 17.9. The van der Waals surface area contributed by atoms with Gasteiger partial charge in [0, 0.05) is 23.7 Å². The van der Waals surface area contributed by atoms with E-state index in [0.29, 0.717) is 17.4 Å². The molecular formula is C26H30N4O5. The highest BCUT2D eigenvalue weighted by Crippen LogP contribution is 2.33. The van der Waals surface area contributed by atoms with E-state index in [-0.39, 0.29) is 35.0 Å². The number of nitrogens with zero attached hydrogens (tertiary/aromatic N) is 3. The maximum absolute atomic E-state index is 13.5. The van der Waals surface area contributed by atoms with E-state index >= 15 is 0 Å². The van der Waals surface area contributed by atoms with Gasteiger partial charge in [0.2, 0.25) is 5.91 Å². The lowest BCUT2D eigenvalue weighted by molar-refractivity contribution is -0.124. The van der Waals surface area contributed by atoms with Gasteiger partial charge in [0.1, 0.15) is 11.3 Å². The molecular weight excluding hydrogens is 448 g/mol. The van der Waals surface area contributed by atoms with Gasteiger partial charge in [0.05, 0.1) is 5.69 Å². The lowest BCUT2D eigenvalue weighted by Gasteiger charge is -2.32. The van der Waals surface area contributed by atoms with E-state index in [1.807, 2.05) is 13.8 Å². The SMILES string of the molecule is CC1CCC(C(=O)N(c2nn(-c3ccc(-c4ccc(C(N)=O)o4)cc3)cc2C(=O)O)C(C)C)CC1. The Morgan fingerprint density at radius 1 is 1.09 bits per heavy atom. The van der Waals surface area contributed by atoms with Gasteiger partial charge in [-0.2, -0.15) is 0 Å². The fourth-order valence-electron chi connectivity index (χ4n) is 4.54.